The molecule has 7 heteroatoms. The number of likely N-dealkylation sites (N-methyl/N-ethyl adjacent to an activating group) is 1. The van der Waals surface area contributed by atoms with Crippen molar-refractivity contribution in [1.29, 1.82) is 0 Å². The van der Waals surface area contributed by atoms with Gasteiger partial charge in [-0.1, -0.05) is 17.4 Å². The van der Waals surface area contributed by atoms with E-state index in [9.17, 15) is 4.79 Å². The lowest BCUT2D eigenvalue weighted by molar-refractivity contribution is 0.0985. The van der Waals surface area contributed by atoms with Crippen LogP contribution in [0.15, 0.2) is 42.5 Å². The summed E-state index contributed by atoms with van der Waals surface area (Å²) >= 11 is 1.51. The van der Waals surface area contributed by atoms with Crippen molar-refractivity contribution in [1.82, 2.24) is 9.88 Å². The molecular weight excluding hydrogens is 396 g/mol. The summed E-state index contributed by atoms with van der Waals surface area (Å²) < 4.78 is 6.45. The number of fused-ring (bicyclic) bond motifs is 1. The van der Waals surface area contributed by atoms with Crippen molar-refractivity contribution in [2.45, 2.75) is 13.8 Å². The fourth-order valence-corrected chi connectivity index (χ4v) is 4.34. The number of aromatic nitrogens is 1. The number of hydrogen-bond acceptors (Lipinski definition) is 6. The number of anilines is 2. The van der Waals surface area contributed by atoms with E-state index in [0.29, 0.717) is 17.2 Å². The van der Waals surface area contributed by atoms with Gasteiger partial charge in [0, 0.05) is 37.4 Å². The van der Waals surface area contributed by atoms with Gasteiger partial charge in [-0.05, 0) is 64.3 Å². The van der Waals surface area contributed by atoms with Gasteiger partial charge in [0.2, 0.25) is 0 Å². The number of carbonyl (C=O) groups is 1. The van der Waals surface area contributed by atoms with E-state index in [1.165, 1.54) is 11.3 Å². The van der Waals surface area contributed by atoms with Gasteiger partial charge < -0.3 is 14.5 Å². The van der Waals surface area contributed by atoms with Crippen LogP contribution in [0.25, 0.3) is 10.2 Å². The number of carbonyl (C=O) groups excluding carboxylic acids is 1. The number of thiazole rings is 1. The van der Waals surface area contributed by atoms with Gasteiger partial charge in [-0.25, -0.2) is 4.98 Å². The highest BCUT2D eigenvalue weighted by atomic mass is 32.1. The molecule has 0 radical (unpaired) electrons. The van der Waals surface area contributed by atoms with E-state index in [4.69, 9.17) is 9.72 Å². The van der Waals surface area contributed by atoms with Crippen molar-refractivity contribution in [2.24, 2.45) is 0 Å². The molecule has 1 aromatic heterocycles. The lowest BCUT2D eigenvalue weighted by atomic mass is 10.1. The first-order valence-electron chi connectivity index (χ1n) is 10.2. The molecule has 3 rings (SSSR count). The van der Waals surface area contributed by atoms with Crippen LogP contribution in [0.1, 0.15) is 24.2 Å². The molecule has 0 saturated carbocycles. The van der Waals surface area contributed by atoms with Crippen LogP contribution >= 0.6 is 11.3 Å². The van der Waals surface area contributed by atoms with Crippen molar-refractivity contribution in [3.8, 4) is 5.75 Å². The molecule has 1 amide bonds. The maximum atomic E-state index is 13.4. The lowest BCUT2D eigenvalue weighted by Gasteiger charge is -2.23. The molecular formula is C23H30N4O2S. The number of para-hydroxylation sites is 1. The summed E-state index contributed by atoms with van der Waals surface area (Å²) in [6.07, 6.45) is 0. The zero-order valence-electron chi connectivity index (χ0n) is 18.4. The Morgan fingerprint density at radius 3 is 2.33 bits per heavy atom. The smallest absolute Gasteiger partial charge is 0.260 e. The summed E-state index contributed by atoms with van der Waals surface area (Å²) in [4.78, 5) is 24.3. The van der Waals surface area contributed by atoms with Gasteiger partial charge in [0.05, 0.1) is 11.8 Å². The molecule has 160 valence electrons. The molecule has 3 aromatic rings. The minimum absolute atomic E-state index is 0.0408. The molecule has 0 bridgehead atoms. The van der Waals surface area contributed by atoms with Gasteiger partial charge in [0.1, 0.15) is 11.3 Å². The number of ether oxygens (including phenoxy) is 1. The first-order valence-corrected chi connectivity index (χ1v) is 11.0. The highest BCUT2D eigenvalue weighted by Gasteiger charge is 2.22. The van der Waals surface area contributed by atoms with Crippen molar-refractivity contribution in [3.05, 3.63) is 48.0 Å². The Balaban J connectivity index is 1.94. The number of rotatable bonds is 9. The zero-order chi connectivity index (χ0) is 21.7. The SMILES string of the molecule is CCN(CC)c1ccc(C(=O)N(CCN(C)C)c2nc3c(OC)cccc3s2)cc1. The van der Waals surface area contributed by atoms with Crippen LogP contribution in [0.3, 0.4) is 0 Å². The van der Waals surface area contributed by atoms with Crippen LogP contribution in [0.4, 0.5) is 10.8 Å². The minimum atomic E-state index is -0.0408. The molecule has 0 aliphatic rings. The highest BCUT2D eigenvalue weighted by molar-refractivity contribution is 7.22. The third kappa shape index (κ3) is 4.74. The summed E-state index contributed by atoms with van der Waals surface area (Å²) in [6, 6.07) is 13.7. The maximum absolute atomic E-state index is 13.4. The third-order valence-electron chi connectivity index (χ3n) is 5.08. The predicted octanol–water partition coefficient (Wildman–Crippen LogP) is 4.36. The molecule has 0 fully saturated rings. The Morgan fingerprint density at radius 1 is 1.03 bits per heavy atom. The molecule has 0 N–H and O–H groups in total. The second-order valence-electron chi connectivity index (χ2n) is 7.28. The third-order valence-corrected chi connectivity index (χ3v) is 6.12. The first-order chi connectivity index (χ1) is 14.5. The molecule has 1 heterocycles. The first kappa shape index (κ1) is 22.1. The quantitative estimate of drug-likeness (QED) is 0.509. The van der Waals surface area contributed by atoms with E-state index in [0.717, 1.165) is 41.3 Å². The molecule has 0 spiro atoms. The zero-order valence-corrected chi connectivity index (χ0v) is 19.2. The van der Waals surface area contributed by atoms with E-state index in [1.807, 2.05) is 56.6 Å². The van der Waals surface area contributed by atoms with Crippen LogP contribution in [0.2, 0.25) is 0 Å². The standard InChI is InChI=1S/C23H30N4O2S/c1-6-26(7-2)18-13-11-17(12-14-18)22(28)27(16-15-25(3)4)23-24-21-19(29-5)9-8-10-20(21)30-23/h8-14H,6-7,15-16H2,1-5H3. The van der Waals surface area contributed by atoms with Gasteiger partial charge in [0.15, 0.2) is 5.13 Å². The Hall–Kier alpha value is -2.64. The van der Waals surface area contributed by atoms with Gasteiger partial charge >= 0.3 is 0 Å². The number of hydrogen-bond donors (Lipinski definition) is 0. The fraction of sp³-hybridized carbons (Fsp3) is 0.391. The monoisotopic (exact) mass is 426 g/mol. The Kier molecular flexibility index (Phi) is 7.29. The summed E-state index contributed by atoms with van der Waals surface area (Å²) in [6.45, 7) is 7.45. The van der Waals surface area contributed by atoms with Crippen molar-refractivity contribution >= 4 is 38.3 Å². The van der Waals surface area contributed by atoms with Crippen LogP contribution < -0.4 is 14.5 Å². The topological polar surface area (TPSA) is 48.9 Å². The van der Waals surface area contributed by atoms with Crippen LogP contribution in [0.5, 0.6) is 5.75 Å². The van der Waals surface area contributed by atoms with E-state index < -0.39 is 0 Å². The largest absolute Gasteiger partial charge is 0.494 e. The highest BCUT2D eigenvalue weighted by Crippen LogP contribution is 2.34. The lowest BCUT2D eigenvalue weighted by Crippen LogP contribution is -2.36. The van der Waals surface area contributed by atoms with Gasteiger partial charge in [-0.3, -0.25) is 9.69 Å². The predicted molar refractivity (Wildman–Crippen MR) is 126 cm³/mol. The Labute approximate surface area is 182 Å². The van der Waals surface area contributed by atoms with E-state index in [-0.39, 0.29) is 5.91 Å². The molecule has 0 aliphatic heterocycles. The van der Waals surface area contributed by atoms with Gasteiger partial charge in [0.25, 0.3) is 5.91 Å². The molecule has 30 heavy (non-hydrogen) atoms. The normalized spacial score (nSPS) is 11.1. The number of benzene rings is 2. The molecule has 0 saturated heterocycles. The van der Waals surface area contributed by atoms with E-state index in [1.54, 1.807) is 12.0 Å². The Bertz CT molecular complexity index is 981. The number of nitrogens with zero attached hydrogens (tertiary/aromatic N) is 4. The van der Waals surface area contributed by atoms with Crippen molar-refractivity contribution < 1.29 is 9.53 Å². The van der Waals surface area contributed by atoms with Crippen LogP contribution in [-0.2, 0) is 0 Å². The van der Waals surface area contributed by atoms with Gasteiger partial charge in [-0.2, -0.15) is 0 Å². The fourth-order valence-electron chi connectivity index (χ4n) is 3.34. The summed E-state index contributed by atoms with van der Waals surface area (Å²) in [5.74, 6) is 0.680. The molecule has 6 nitrogen and oxygen atoms in total. The summed E-state index contributed by atoms with van der Waals surface area (Å²) in [7, 11) is 5.64. The number of amides is 1. The van der Waals surface area contributed by atoms with Crippen molar-refractivity contribution in [3.63, 3.8) is 0 Å². The average molecular weight is 427 g/mol. The maximum Gasteiger partial charge on any atom is 0.260 e. The van der Waals surface area contributed by atoms with Crippen LogP contribution in [0, 0.1) is 0 Å². The summed E-state index contributed by atoms with van der Waals surface area (Å²) in [5.41, 5.74) is 2.58. The molecule has 0 unspecified atom stereocenters. The molecule has 0 aliphatic carbocycles. The van der Waals surface area contributed by atoms with E-state index >= 15 is 0 Å². The second kappa shape index (κ2) is 9.91. The van der Waals surface area contributed by atoms with Crippen molar-refractivity contribution in [2.75, 3.05) is 57.2 Å². The molecule has 0 atom stereocenters. The van der Waals surface area contributed by atoms with E-state index in [2.05, 4.69) is 23.6 Å². The van der Waals surface area contributed by atoms with Gasteiger partial charge in [-0.15, -0.1) is 0 Å². The van der Waals surface area contributed by atoms with Crippen LogP contribution in [-0.4, -0.2) is 63.2 Å². The Morgan fingerprint density at radius 2 is 1.73 bits per heavy atom. The average Bonchev–Trinajstić information content (AvgIpc) is 3.19. The number of methoxy groups -OCH3 is 1. The molecule has 2 aromatic carbocycles. The second-order valence-corrected chi connectivity index (χ2v) is 8.29. The summed E-state index contributed by atoms with van der Waals surface area (Å²) in [5, 5.41) is 0.689. The minimum Gasteiger partial charge on any atom is -0.494 e.